The number of fused-ring (bicyclic) bond motifs is 1. The Balaban J connectivity index is 2.43. The molecule has 0 saturated carbocycles. The zero-order valence-electron chi connectivity index (χ0n) is 9.92. The first-order chi connectivity index (χ1) is 7.59. The molecule has 1 aromatic carbocycles. The Hall–Kier alpha value is -0.800. The Kier molecular flexibility index (Phi) is 3.36. The van der Waals surface area contributed by atoms with Gasteiger partial charge in [0.05, 0.1) is 5.52 Å². The largest absolute Gasteiger partial charge is 0.349 e. The van der Waals surface area contributed by atoms with Crippen LogP contribution in [0.4, 0.5) is 0 Å². The quantitative estimate of drug-likeness (QED) is 0.912. The molecule has 1 N–H and O–H groups in total. The second-order valence-electron chi connectivity index (χ2n) is 4.44. The molecule has 0 amide bonds. The summed E-state index contributed by atoms with van der Waals surface area (Å²) in [7, 11) is 2.09. The molecule has 3 heteroatoms. The minimum Gasteiger partial charge on any atom is -0.349 e. The van der Waals surface area contributed by atoms with Crippen LogP contribution in [-0.2, 0) is 13.6 Å². The molecule has 1 aromatic heterocycles. The Morgan fingerprint density at radius 3 is 2.81 bits per heavy atom. The maximum atomic E-state index is 3.60. The highest BCUT2D eigenvalue weighted by atomic mass is 79.9. The molecule has 0 spiro atoms. The van der Waals surface area contributed by atoms with Gasteiger partial charge in [0.25, 0.3) is 0 Å². The summed E-state index contributed by atoms with van der Waals surface area (Å²) in [6, 6.07) is 6.87. The number of benzene rings is 1. The fraction of sp³-hybridized carbons (Fsp3) is 0.385. The molecule has 0 fully saturated rings. The second kappa shape index (κ2) is 4.60. The third-order valence-electron chi connectivity index (χ3n) is 2.74. The number of hydrogen-bond acceptors (Lipinski definition) is 1. The Labute approximate surface area is 105 Å². The molecule has 16 heavy (non-hydrogen) atoms. The van der Waals surface area contributed by atoms with Crippen LogP contribution in [0, 0.1) is 0 Å². The van der Waals surface area contributed by atoms with Crippen LogP contribution in [0.2, 0.25) is 0 Å². The normalized spacial score (nSPS) is 11.6. The molecule has 2 rings (SSSR count). The fourth-order valence-electron chi connectivity index (χ4n) is 1.96. The third kappa shape index (κ3) is 2.15. The molecule has 0 atom stereocenters. The number of aryl methyl sites for hydroxylation is 1. The first-order valence-electron chi connectivity index (χ1n) is 5.55. The molecular formula is C13H17BrN2. The van der Waals surface area contributed by atoms with Crippen LogP contribution in [0.5, 0.6) is 0 Å². The molecule has 0 bridgehead atoms. The van der Waals surface area contributed by atoms with E-state index in [2.05, 4.69) is 71.1 Å². The fourth-order valence-corrected chi connectivity index (χ4v) is 2.60. The highest BCUT2D eigenvalue weighted by Gasteiger charge is 2.08. The van der Waals surface area contributed by atoms with E-state index in [0.717, 1.165) is 11.0 Å². The maximum absolute atomic E-state index is 3.60. The molecule has 2 nitrogen and oxygen atoms in total. The van der Waals surface area contributed by atoms with Crippen molar-refractivity contribution in [2.45, 2.75) is 26.4 Å². The van der Waals surface area contributed by atoms with Gasteiger partial charge in [-0.1, -0.05) is 26.0 Å². The molecule has 0 aliphatic heterocycles. The van der Waals surface area contributed by atoms with Crippen LogP contribution in [0.3, 0.4) is 0 Å². The summed E-state index contributed by atoms with van der Waals surface area (Å²) in [5, 5.41) is 4.78. The molecule has 0 aliphatic carbocycles. The van der Waals surface area contributed by atoms with Gasteiger partial charge in [-0.15, -0.1) is 0 Å². The second-order valence-corrected chi connectivity index (χ2v) is 5.29. The summed E-state index contributed by atoms with van der Waals surface area (Å²) in [5.41, 5.74) is 2.62. The predicted octanol–water partition coefficient (Wildman–Crippen LogP) is 3.44. The lowest BCUT2D eigenvalue weighted by atomic mass is 10.1. The van der Waals surface area contributed by atoms with E-state index in [1.165, 1.54) is 16.5 Å². The molecule has 86 valence electrons. The van der Waals surface area contributed by atoms with Crippen molar-refractivity contribution in [3.8, 4) is 0 Å². The lowest BCUT2D eigenvalue weighted by Crippen LogP contribution is -2.21. The van der Waals surface area contributed by atoms with Crippen molar-refractivity contribution < 1.29 is 0 Å². The summed E-state index contributed by atoms with van der Waals surface area (Å²) < 4.78 is 3.33. The molecule has 1 heterocycles. The highest BCUT2D eigenvalue weighted by Crippen LogP contribution is 2.27. The van der Waals surface area contributed by atoms with E-state index in [9.17, 15) is 0 Å². The number of para-hydroxylation sites is 1. The molecule has 0 radical (unpaired) electrons. The third-order valence-corrected chi connectivity index (χ3v) is 3.38. The lowest BCUT2D eigenvalue weighted by molar-refractivity contribution is 0.590. The van der Waals surface area contributed by atoms with Gasteiger partial charge in [0, 0.05) is 35.7 Å². The predicted molar refractivity (Wildman–Crippen MR) is 72.6 cm³/mol. The minimum atomic E-state index is 0.516. The van der Waals surface area contributed by atoms with Crippen LogP contribution < -0.4 is 5.32 Å². The summed E-state index contributed by atoms with van der Waals surface area (Å²) >= 11 is 3.60. The van der Waals surface area contributed by atoms with E-state index in [1.54, 1.807) is 0 Å². The highest BCUT2D eigenvalue weighted by molar-refractivity contribution is 9.10. The zero-order chi connectivity index (χ0) is 11.7. The van der Waals surface area contributed by atoms with Crippen molar-refractivity contribution in [2.24, 2.45) is 7.05 Å². The first kappa shape index (κ1) is 11.7. The van der Waals surface area contributed by atoms with Crippen molar-refractivity contribution in [3.63, 3.8) is 0 Å². The summed E-state index contributed by atoms with van der Waals surface area (Å²) in [4.78, 5) is 0. The number of rotatable bonds is 3. The number of aromatic nitrogens is 1. The van der Waals surface area contributed by atoms with Gasteiger partial charge in [-0.3, -0.25) is 0 Å². The molecule has 0 unspecified atom stereocenters. The Morgan fingerprint density at radius 2 is 2.12 bits per heavy atom. The SMILES string of the molecule is CC(C)NCc1cn(C)c2c(Br)cccc12. The van der Waals surface area contributed by atoms with Crippen molar-refractivity contribution in [3.05, 3.63) is 34.4 Å². The van der Waals surface area contributed by atoms with E-state index in [0.29, 0.717) is 6.04 Å². The number of nitrogens with zero attached hydrogens (tertiary/aromatic N) is 1. The van der Waals surface area contributed by atoms with Crippen molar-refractivity contribution in [1.29, 1.82) is 0 Å². The standard InChI is InChI=1S/C13H17BrN2/c1-9(2)15-7-10-8-16(3)13-11(10)5-4-6-12(13)14/h4-6,8-9,15H,7H2,1-3H3. The summed E-state index contributed by atoms with van der Waals surface area (Å²) in [6.07, 6.45) is 2.20. The van der Waals surface area contributed by atoms with E-state index >= 15 is 0 Å². The number of halogens is 1. The maximum Gasteiger partial charge on any atom is 0.0625 e. The minimum absolute atomic E-state index is 0.516. The topological polar surface area (TPSA) is 17.0 Å². The van der Waals surface area contributed by atoms with E-state index in [4.69, 9.17) is 0 Å². The van der Waals surface area contributed by atoms with Gasteiger partial charge in [-0.2, -0.15) is 0 Å². The number of nitrogens with one attached hydrogen (secondary N) is 1. The van der Waals surface area contributed by atoms with Gasteiger partial charge >= 0.3 is 0 Å². The average molecular weight is 281 g/mol. The van der Waals surface area contributed by atoms with Crippen molar-refractivity contribution in [1.82, 2.24) is 9.88 Å². The molecule has 0 saturated heterocycles. The smallest absolute Gasteiger partial charge is 0.0625 e. The van der Waals surface area contributed by atoms with Crippen LogP contribution in [0.15, 0.2) is 28.9 Å². The average Bonchev–Trinajstić information content (AvgIpc) is 2.54. The zero-order valence-corrected chi connectivity index (χ0v) is 11.5. The van der Waals surface area contributed by atoms with E-state index in [-0.39, 0.29) is 0 Å². The van der Waals surface area contributed by atoms with Gasteiger partial charge < -0.3 is 9.88 Å². The van der Waals surface area contributed by atoms with Crippen LogP contribution in [0.25, 0.3) is 10.9 Å². The summed E-state index contributed by atoms with van der Waals surface area (Å²) in [5.74, 6) is 0. The van der Waals surface area contributed by atoms with E-state index < -0.39 is 0 Å². The van der Waals surface area contributed by atoms with Crippen molar-refractivity contribution in [2.75, 3.05) is 0 Å². The van der Waals surface area contributed by atoms with Crippen LogP contribution >= 0.6 is 15.9 Å². The van der Waals surface area contributed by atoms with Gasteiger partial charge in [0.15, 0.2) is 0 Å². The molecular weight excluding hydrogens is 264 g/mol. The van der Waals surface area contributed by atoms with E-state index in [1.807, 2.05) is 0 Å². The van der Waals surface area contributed by atoms with Gasteiger partial charge in [-0.05, 0) is 27.6 Å². The van der Waals surface area contributed by atoms with Gasteiger partial charge in [0.2, 0.25) is 0 Å². The van der Waals surface area contributed by atoms with Gasteiger partial charge in [0.1, 0.15) is 0 Å². The Bertz CT molecular complexity index is 500. The molecule has 2 aromatic rings. The van der Waals surface area contributed by atoms with Crippen molar-refractivity contribution >= 4 is 26.8 Å². The Morgan fingerprint density at radius 1 is 1.38 bits per heavy atom. The van der Waals surface area contributed by atoms with Crippen LogP contribution in [-0.4, -0.2) is 10.6 Å². The number of hydrogen-bond donors (Lipinski definition) is 1. The van der Waals surface area contributed by atoms with Crippen LogP contribution in [0.1, 0.15) is 19.4 Å². The first-order valence-corrected chi connectivity index (χ1v) is 6.34. The monoisotopic (exact) mass is 280 g/mol. The van der Waals surface area contributed by atoms with Gasteiger partial charge in [-0.25, -0.2) is 0 Å². The lowest BCUT2D eigenvalue weighted by Gasteiger charge is -2.06. The summed E-state index contributed by atoms with van der Waals surface area (Å²) in [6.45, 7) is 5.26. The molecule has 0 aliphatic rings.